The van der Waals surface area contributed by atoms with Crippen molar-refractivity contribution in [3.05, 3.63) is 53.8 Å². The first-order valence-corrected chi connectivity index (χ1v) is 4.88. The maximum Gasteiger partial charge on any atom is 0.133 e. The van der Waals surface area contributed by atoms with E-state index in [0.717, 1.165) is 29.9 Å². The molecule has 14 heavy (non-hydrogen) atoms. The summed E-state index contributed by atoms with van der Waals surface area (Å²) in [5, 5.41) is 0. The van der Waals surface area contributed by atoms with Gasteiger partial charge in [0, 0.05) is 5.56 Å². The van der Waals surface area contributed by atoms with Gasteiger partial charge in [0.15, 0.2) is 0 Å². The van der Waals surface area contributed by atoms with Crippen LogP contribution in [0.25, 0.3) is 5.76 Å². The predicted molar refractivity (Wildman–Crippen MR) is 58.5 cm³/mol. The zero-order chi connectivity index (χ0) is 9.97. The molecule has 1 aliphatic rings. The fraction of sp³-hybridized carbons (Fsp3) is 0.231. The Morgan fingerprint density at radius 1 is 1.21 bits per heavy atom. The summed E-state index contributed by atoms with van der Waals surface area (Å²) in [6.07, 6.45) is 2.33. The lowest BCUT2D eigenvalue weighted by Crippen LogP contribution is -1.89. The molecule has 72 valence electrons. The first kappa shape index (κ1) is 9.07. The largest absolute Gasteiger partial charge is 0.462 e. The molecule has 0 unspecified atom stereocenters. The number of benzene rings is 1. The Hall–Kier alpha value is -1.50. The third-order valence-corrected chi connectivity index (χ3v) is 2.13. The van der Waals surface area contributed by atoms with Gasteiger partial charge in [0.1, 0.15) is 5.76 Å². The molecule has 1 aromatic rings. The van der Waals surface area contributed by atoms with E-state index in [0.29, 0.717) is 0 Å². The van der Waals surface area contributed by atoms with Crippen LogP contribution in [-0.4, -0.2) is 0 Å². The Kier molecular flexibility index (Phi) is 2.40. The van der Waals surface area contributed by atoms with Gasteiger partial charge in [-0.3, -0.25) is 0 Å². The lowest BCUT2D eigenvalue weighted by molar-refractivity contribution is 0.386. The molecule has 0 spiro atoms. The van der Waals surface area contributed by atoms with Crippen LogP contribution in [0.1, 0.15) is 25.3 Å². The smallest absolute Gasteiger partial charge is 0.133 e. The van der Waals surface area contributed by atoms with Crippen molar-refractivity contribution >= 4 is 5.76 Å². The summed E-state index contributed by atoms with van der Waals surface area (Å²) in [6, 6.07) is 10.2. The summed E-state index contributed by atoms with van der Waals surface area (Å²) >= 11 is 0. The lowest BCUT2D eigenvalue weighted by Gasteiger charge is -2.09. The second-order valence-electron chi connectivity index (χ2n) is 3.60. The predicted octanol–water partition coefficient (Wildman–Crippen LogP) is 3.74. The zero-order valence-electron chi connectivity index (χ0n) is 8.42. The molecule has 0 aliphatic heterocycles. The van der Waals surface area contributed by atoms with Gasteiger partial charge < -0.3 is 4.74 Å². The molecule has 1 aromatic carbocycles. The minimum atomic E-state index is 0.753. The highest BCUT2D eigenvalue weighted by Crippen LogP contribution is 2.37. The van der Waals surface area contributed by atoms with Crippen LogP contribution in [0.4, 0.5) is 0 Å². The molecule has 1 fully saturated rings. The number of allylic oxidation sites excluding steroid dienone is 2. The van der Waals surface area contributed by atoms with E-state index in [1.165, 1.54) is 5.57 Å². The van der Waals surface area contributed by atoms with E-state index in [9.17, 15) is 0 Å². The molecule has 1 heteroatoms. The number of hydrogen-bond acceptors (Lipinski definition) is 1. The van der Waals surface area contributed by atoms with Crippen LogP contribution >= 0.6 is 0 Å². The fourth-order valence-electron chi connectivity index (χ4n) is 1.39. The first-order chi connectivity index (χ1) is 6.77. The molecule has 0 aromatic heterocycles. The summed E-state index contributed by atoms with van der Waals surface area (Å²) in [7, 11) is 0. The van der Waals surface area contributed by atoms with Gasteiger partial charge in [0.05, 0.1) is 5.76 Å². The number of ether oxygens (including phenoxy) is 1. The van der Waals surface area contributed by atoms with Crippen molar-refractivity contribution in [2.24, 2.45) is 0 Å². The summed E-state index contributed by atoms with van der Waals surface area (Å²) in [6.45, 7) is 5.66. The van der Waals surface area contributed by atoms with Crippen LogP contribution < -0.4 is 0 Å². The van der Waals surface area contributed by atoms with E-state index in [-0.39, 0.29) is 0 Å². The van der Waals surface area contributed by atoms with Crippen molar-refractivity contribution in [1.29, 1.82) is 0 Å². The van der Waals surface area contributed by atoms with E-state index >= 15 is 0 Å². The Bertz CT molecular complexity index is 367. The van der Waals surface area contributed by atoms with Crippen molar-refractivity contribution < 1.29 is 4.74 Å². The zero-order valence-corrected chi connectivity index (χ0v) is 8.42. The van der Waals surface area contributed by atoms with Gasteiger partial charge in [-0.1, -0.05) is 36.9 Å². The van der Waals surface area contributed by atoms with E-state index < -0.39 is 0 Å². The molecule has 0 atom stereocenters. The third-order valence-electron chi connectivity index (χ3n) is 2.13. The molecule has 1 saturated carbocycles. The molecule has 0 amide bonds. The Balaban J connectivity index is 2.30. The Labute approximate surface area is 84.7 Å². The molecule has 0 bridgehead atoms. The summed E-state index contributed by atoms with van der Waals surface area (Å²) in [5.74, 6) is 1.77. The highest BCUT2D eigenvalue weighted by molar-refractivity contribution is 5.66. The normalized spacial score (nSPS) is 13.6. The van der Waals surface area contributed by atoms with Gasteiger partial charge in [0.25, 0.3) is 0 Å². The first-order valence-electron chi connectivity index (χ1n) is 4.88. The van der Waals surface area contributed by atoms with Crippen LogP contribution in [0.2, 0.25) is 0 Å². The van der Waals surface area contributed by atoms with Gasteiger partial charge >= 0.3 is 0 Å². The van der Waals surface area contributed by atoms with Crippen LogP contribution in [-0.2, 0) is 4.74 Å². The van der Waals surface area contributed by atoms with E-state index in [1.54, 1.807) is 0 Å². The lowest BCUT2D eigenvalue weighted by atomic mass is 10.2. The molecule has 0 heterocycles. The summed E-state index contributed by atoms with van der Waals surface area (Å²) in [4.78, 5) is 0. The van der Waals surface area contributed by atoms with Crippen LogP contribution in [0.3, 0.4) is 0 Å². The van der Waals surface area contributed by atoms with E-state index in [1.807, 2.05) is 25.1 Å². The van der Waals surface area contributed by atoms with Crippen LogP contribution in [0.5, 0.6) is 0 Å². The van der Waals surface area contributed by atoms with Crippen molar-refractivity contribution in [2.45, 2.75) is 19.8 Å². The molecule has 2 rings (SSSR count). The molecule has 0 radical (unpaired) electrons. The Morgan fingerprint density at radius 3 is 2.36 bits per heavy atom. The third kappa shape index (κ3) is 2.05. The van der Waals surface area contributed by atoms with Gasteiger partial charge in [-0.05, 0) is 25.3 Å². The average molecular weight is 186 g/mol. The molecular formula is C13H14O. The maximum absolute atomic E-state index is 5.65. The Morgan fingerprint density at radius 2 is 1.86 bits per heavy atom. The molecule has 0 N–H and O–H groups in total. The van der Waals surface area contributed by atoms with E-state index in [4.69, 9.17) is 4.74 Å². The number of hydrogen-bond donors (Lipinski definition) is 0. The highest BCUT2D eigenvalue weighted by Gasteiger charge is 2.20. The van der Waals surface area contributed by atoms with E-state index in [2.05, 4.69) is 18.7 Å². The van der Waals surface area contributed by atoms with Crippen LogP contribution in [0.15, 0.2) is 48.2 Å². The van der Waals surface area contributed by atoms with Crippen molar-refractivity contribution in [3.63, 3.8) is 0 Å². The molecular weight excluding hydrogens is 172 g/mol. The van der Waals surface area contributed by atoms with Gasteiger partial charge in [-0.2, -0.15) is 0 Å². The van der Waals surface area contributed by atoms with Gasteiger partial charge in [-0.25, -0.2) is 0 Å². The topological polar surface area (TPSA) is 9.23 Å². The maximum atomic E-state index is 5.65. The fourth-order valence-corrected chi connectivity index (χ4v) is 1.39. The average Bonchev–Trinajstić information content (AvgIpc) is 2.99. The van der Waals surface area contributed by atoms with Crippen molar-refractivity contribution in [2.75, 3.05) is 0 Å². The number of rotatable bonds is 3. The van der Waals surface area contributed by atoms with Gasteiger partial charge in [-0.15, -0.1) is 0 Å². The summed E-state index contributed by atoms with van der Waals surface area (Å²) < 4.78 is 5.65. The standard InChI is InChI=1S/C13H14O/c1-10(2)14-13(12-8-9-12)11-6-4-3-5-7-11/h3-7H,1,8-9H2,2H3. The molecule has 1 nitrogen and oxygen atoms in total. The van der Waals surface area contributed by atoms with Crippen LogP contribution in [0, 0.1) is 0 Å². The van der Waals surface area contributed by atoms with Gasteiger partial charge in [0.2, 0.25) is 0 Å². The second-order valence-corrected chi connectivity index (χ2v) is 3.60. The molecule has 0 saturated heterocycles. The monoisotopic (exact) mass is 186 g/mol. The summed E-state index contributed by atoms with van der Waals surface area (Å²) in [5.41, 5.74) is 2.56. The SMILES string of the molecule is C=C(C)OC(=C1CC1)c1ccccc1. The highest BCUT2D eigenvalue weighted by atomic mass is 16.5. The minimum Gasteiger partial charge on any atom is -0.462 e. The van der Waals surface area contributed by atoms with Crippen molar-refractivity contribution in [1.82, 2.24) is 0 Å². The van der Waals surface area contributed by atoms with Crippen molar-refractivity contribution in [3.8, 4) is 0 Å². The minimum absolute atomic E-state index is 0.753. The molecule has 1 aliphatic carbocycles. The second kappa shape index (κ2) is 3.70. The quantitative estimate of drug-likeness (QED) is 0.653.